The lowest BCUT2D eigenvalue weighted by Crippen LogP contribution is -2.11. The molecule has 0 aliphatic heterocycles. The summed E-state index contributed by atoms with van der Waals surface area (Å²) in [5, 5.41) is 0. The van der Waals surface area contributed by atoms with Gasteiger partial charge in [-0.15, -0.1) is 0 Å². The Morgan fingerprint density at radius 2 is 1.80 bits per heavy atom. The van der Waals surface area contributed by atoms with Gasteiger partial charge in [0.15, 0.2) is 17.5 Å². The van der Waals surface area contributed by atoms with Gasteiger partial charge in [0.1, 0.15) is 5.75 Å². The Balaban J connectivity index is 2.45. The molecule has 0 spiro atoms. The fourth-order valence-corrected chi connectivity index (χ4v) is 1.83. The SMILES string of the molecule is Cc1cc(C)c(C)c(Oc2nc(NN)c(F)cc2F)c1. The van der Waals surface area contributed by atoms with Gasteiger partial charge in [-0.25, -0.2) is 14.6 Å². The van der Waals surface area contributed by atoms with Crippen molar-refractivity contribution in [2.75, 3.05) is 5.43 Å². The Hall–Kier alpha value is -2.21. The van der Waals surface area contributed by atoms with E-state index in [2.05, 4.69) is 10.4 Å². The molecule has 0 aliphatic rings. The van der Waals surface area contributed by atoms with Crippen molar-refractivity contribution in [3.8, 4) is 11.6 Å². The molecule has 3 N–H and O–H groups in total. The van der Waals surface area contributed by atoms with Crippen LogP contribution in [0.1, 0.15) is 16.7 Å². The summed E-state index contributed by atoms with van der Waals surface area (Å²) in [7, 11) is 0. The van der Waals surface area contributed by atoms with Crippen molar-refractivity contribution < 1.29 is 13.5 Å². The molecule has 0 saturated heterocycles. The van der Waals surface area contributed by atoms with E-state index in [4.69, 9.17) is 10.6 Å². The number of nitrogen functional groups attached to an aromatic ring is 1. The van der Waals surface area contributed by atoms with Crippen LogP contribution in [-0.4, -0.2) is 4.98 Å². The quantitative estimate of drug-likeness (QED) is 0.668. The number of nitrogens with zero attached hydrogens (tertiary/aromatic N) is 1. The van der Waals surface area contributed by atoms with Gasteiger partial charge in [-0.2, -0.15) is 4.98 Å². The smallest absolute Gasteiger partial charge is 0.258 e. The van der Waals surface area contributed by atoms with Gasteiger partial charge in [0.25, 0.3) is 5.88 Å². The molecule has 1 heterocycles. The number of hydrazine groups is 1. The number of hydrogen-bond acceptors (Lipinski definition) is 4. The Kier molecular flexibility index (Phi) is 3.85. The molecule has 1 aromatic heterocycles. The molecule has 20 heavy (non-hydrogen) atoms. The van der Waals surface area contributed by atoms with Gasteiger partial charge in [-0.05, 0) is 43.5 Å². The maximum atomic E-state index is 13.7. The first-order valence-corrected chi connectivity index (χ1v) is 6.00. The number of aryl methyl sites for hydroxylation is 2. The van der Waals surface area contributed by atoms with Crippen molar-refractivity contribution in [2.24, 2.45) is 5.84 Å². The fourth-order valence-electron chi connectivity index (χ4n) is 1.83. The van der Waals surface area contributed by atoms with E-state index < -0.39 is 11.6 Å². The highest BCUT2D eigenvalue weighted by atomic mass is 19.1. The standard InChI is InChI=1S/C14H15F2N3O/c1-7-4-8(2)9(3)12(5-7)20-14-11(16)6-10(15)13(18-14)19-17/h4-6H,17H2,1-3H3,(H,18,19). The normalized spacial score (nSPS) is 10.5. The van der Waals surface area contributed by atoms with Crippen molar-refractivity contribution in [1.29, 1.82) is 0 Å². The van der Waals surface area contributed by atoms with Crippen LogP contribution in [0.25, 0.3) is 0 Å². The van der Waals surface area contributed by atoms with E-state index in [-0.39, 0.29) is 11.7 Å². The molecule has 0 atom stereocenters. The van der Waals surface area contributed by atoms with Gasteiger partial charge in [0.2, 0.25) is 0 Å². The lowest BCUT2D eigenvalue weighted by molar-refractivity contribution is 0.415. The highest BCUT2D eigenvalue weighted by Crippen LogP contribution is 2.30. The van der Waals surface area contributed by atoms with Crippen LogP contribution in [0.2, 0.25) is 0 Å². The maximum absolute atomic E-state index is 13.7. The minimum absolute atomic E-state index is 0.275. The summed E-state index contributed by atoms with van der Waals surface area (Å²) < 4.78 is 32.4. The highest BCUT2D eigenvalue weighted by molar-refractivity contribution is 5.45. The number of pyridine rings is 1. The number of nitrogens with one attached hydrogen (secondary N) is 1. The number of hydrogen-bond donors (Lipinski definition) is 2. The molecule has 0 bridgehead atoms. The van der Waals surface area contributed by atoms with Crippen molar-refractivity contribution in [3.05, 3.63) is 46.5 Å². The number of anilines is 1. The molecule has 0 aliphatic carbocycles. The Morgan fingerprint density at radius 1 is 1.10 bits per heavy atom. The summed E-state index contributed by atoms with van der Waals surface area (Å²) in [5.41, 5.74) is 4.91. The summed E-state index contributed by atoms with van der Waals surface area (Å²) in [6.45, 7) is 5.69. The second-order valence-electron chi connectivity index (χ2n) is 4.56. The molecule has 2 aromatic rings. The zero-order valence-electron chi connectivity index (χ0n) is 11.4. The van der Waals surface area contributed by atoms with Crippen LogP contribution in [0.5, 0.6) is 11.6 Å². The average Bonchev–Trinajstić information content (AvgIpc) is 2.38. The van der Waals surface area contributed by atoms with Gasteiger partial charge in [0, 0.05) is 6.07 Å². The zero-order chi connectivity index (χ0) is 14.9. The highest BCUT2D eigenvalue weighted by Gasteiger charge is 2.14. The van der Waals surface area contributed by atoms with Gasteiger partial charge in [-0.3, -0.25) is 0 Å². The second-order valence-corrected chi connectivity index (χ2v) is 4.56. The van der Waals surface area contributed by atoms with Crippen LogP contribution in [0.3, 0.4) is 0 Å². The first-order valence-electron chi connectivity index (χ1n) is 6.00. The number of rotatable bonds is 3. The van der Waals surface area contributed by atoms with Gasteiger partial charge < -0.3 is 10.2 Å². The molecular weight excluding hydrogens is 264 g/mol. The Bertz CT molecular complexity index is 659. The minimum Gasteiger partial charge on any atom is -0.436 e. The molecule has 0 fully saturated rings. The van der Waals surface area contributed by atoms with E-state index in [1.165, 1.54) is 0 Å². The van der Waals surface area contributed by atoms with E-state index in [1.807, 2.05) is 26.8 Å². The molecule has 6 heteroatoms. The molecule has 0 radical (unpaired) electrons. The summed E-state index contributed by atoms with van der Waals surface area (Å²) in [6.07, 6.45) is 0. The number of ether oxygens (including phenoxy) is 1. The lowest BCUT2D eigenvalue weighted by Gasteiger charge is -2.12. The van der Waals surface area contributed by atoms with E-state index >= 15 is 0 Å². The molecule has 2 rings (SSSR count). The molecule has 1 aromatic carbocycles. The average molecular weight is 279 g/mol. The third-order valence-electron chi connectivity index (χ3n) is 3.00. The van der Waals surface area contributed by atoms with E-state index in [9.17, 15) is 8.78 Å². The Morgan fingerprint density at radius 3 is 2.45 bits per heavy atom. The number of aromatic nitrogens is 1. The van der Waals surface area contributed by atoms with E-state index in [0.717, 1.165) is 16.7 Å². The number of nitrogens with two attached hydrogens (primary N) is 1. The summed E-state index contributed by atoms with van der Waals surface area (Å²) in [6, 6.07) is 4.43. The first-order chi connectivity index (χ1) is 9.42. The largest absolute Gasteiger partial charge is 0.436 e. The second kappa shape index (κ2) is 5.42. The fraction of sp³-hybridized carbons (Fsp3) is 0.214. The minimum atomic E-state index is -0.889. The van der Waals surface area contributed by atoms with Crippen molar-refractivity contribution in [3.63, 3.8) is 0 Å². The summed E-state index contributed by atoms with van der Waals surface area (Å²) in [4.78, 5) is 3.68. The zero-order valence-corrected chi connectivity index (χ0v) is 11.4. The topological polar surface area (TPSA) is 60.2 Å². The van der Waals surface area contributed by atoms with E-state index in [0.29, 0.717) is 11.8 Å². The predicted octanol–water partition coefficient (Wildman–Crippen LogP) is 3.36. The van der Waals surface area contributed by atoms with Gasteiger partial charge >= 0.3 is 0 Å². The van der Waals surface area contributed by atoms with Crippen LogP contribution in [0, 0.1) is 32.4 Å². The summed E-state index contributed by atoms with van der Waals surface area (Å²) >= 11 is 0. The monoisotopic (exact) mass is 279 g/mol. The summed E-state index contributed by atoms with van der Waals surface area (Å²) in [5.74, 6) is 3.22. The Labute approximate surface area is 115 Å². The third kappa shape index (κ3) is 2.70. The number of halogens is 2. The van der Waals surface area contributed by atoms with Crippen molar-refractivity contribution in [1.82, 2.24) is 4.98 Å². The third-order valence-corrected chi connectivity index (χ3v) is 3.00. The molecule has 0 saturated carbocycles. The molecule has 0 unspecified atom stereocenters. The van der Waals surface area contributed by atoms with Crippen LogP contribution in [0.4, 0.5) is 14.6 Å². The van der Waals surface area contributed by atoms with Crippen LogP contribution >= 0.6 is 0 Å². The first kappa shape index (κ1) is 14.2. The molecule has 4 nitrogen and oxygen atoms in total. The van der Waals surface area contributed by atoms with Gasteiger partial charge in [-0.1, -0.05) is 6.07 Å². The lowest BCUT2D eigenvalue weighted by atomic mass is 10.1. The van der Waals surface area contributed by atoms with Crippen LogP contribution in [-0.2, 0) is 0 Å². The van der Waals surface area contributed by atoms with Crippen LogP contribution < -0.4 is 16.0 Å². The van der Waals surface area contributed by atoms with Gasteiger partial charge in [0.05, 0.1) is 0 Å². The maximum Gasteiger partial charge on any atom is 0.258 e. The van der Waals surface area contributed by atoms with E-state index in [1.54, 1.807) is 6.07 Å². The predicted molar refractivity (Wildman–Crippen MR) is 72.7 cm³/mol. The van der Waals surface area contributed by atoms with Crippen molar-refractivity contribution in [2.45, 2.75) is 20.8 Å². The molecule has 106 valence electrons. The molecular formula is C14H15F2N3O. The number of benzene rings is 1. The van der Waals surface area contributed by atoms with Crippen LogP contribution in [0.15, 0.2) is 18.2 Å². The molecule has 0 amide bonds. The van der Waals surface area contributed by atoms with Crippen molar-refractivity contribution >= 4 is 5.82 Å².